The van der Waals surface area contributed by atoms with Crippen molar-refractivity contribution < 1.29 is 16.8 Å². The summed E-state index contributed by atoms with van der Waals surface area (Å²) in [5, 5.41) is 0.100. The first-order valence-corrected chi connectivity index (χ1v) is 9.99. The molecule has 1 atom stereocenters. The monoisotopic (exact) mass is 372 g/mol. The number of rotatable bonds is 3. The molecule has 0 aromatic heterocycles. The zero-order valence-electron chi connectivity index (χ0n) is 11.1. The van der Waals surface area contributed by atoms with Crippen molar-refractivity contribution in [1.29, 1.82) is 0 Å². The van der Waals surface area contributed by atoms with Crippen LogP contribution in [0.1, 0.15) is 13.3 Å². The van der Waals surface area contributed by atoms with Crippen LogP contribution >= 0.6 is 23.2 Å². The van der Waals surface area contributed by atoms with Crippen LogP contribution in [-0.4, -0.2) is 33.9 Å². The van der Waals surface area contributed by atoms with E-state index in [0.29, 0.717) is 0 Å². The van der Waals surface area contributed by atoms with Crippen LogP contribution in [-0.2, 0) is 19.9 Å². The average Bonchev–Trinajstić information content (AvgIpc) is 2.48. The second-order valence-electron chi connectivity index (χ2n) is 5.31. The summed E-state index contributed by atoms with van der Waals surface area (Å²) >= 11 is 11.7. The van der Waals surface area contributed by atoms with Crippen molar-refractivity contribution in [2.24, 2.45) is 0 Å². The first-order chi connectivity index (χ1) is 9.44. The highest BCUT2D eigenvalue weighted by atomic mass is 35.5. The van der Waals surface area contributed by atoms with Gasteiger partial charge in [0.05, 0.1) is 22.2 Å². The molecule has 1 heterocycles. The van der Waals surface area contributed by atoms with Gasteiger partial charge in [0.2, 0.25) is 10.0 Å². The normalized spacial score (nSPS) is 25.1. The number of anilines is 1. The molecule has 1 aliphatic heterocycles. The molecule has 0 saturated carbocycles. The molecule has 3 N–H and O–H groups in total. The Hall–Kier alpha value is -0.540. The molecule has 21 heavy (non-hydrogen) atoms. The maximum absolute atomic E-state index is 12.4. The minimum absolute atomic E-state index is 0.0597. The summed E-state index contributed by atoms with van der Waals surface area (Å²) < 4.78 is 50.4. The quantitative estimate of drug-likeness (QED) is 0.780. The number of benzene rings is 1. The lowest BCUT2D eigenvalue weighted by atomic mass is 10.0. The molecule has 1 unspecified atom stereocenters. The molecule has 1 aromatic rings. The molecule has 1 aromatic carbocycles. The van der Waals surface area contributed by atoms with Crippen LogP contribution in [0.5, 0.6) is 0 Å². The van der Waals surface area contributed by atoms with Crippen molar-refractivity contribution in [2.45, 2.75) is 23.8 Å². The van der Waals surface area contributed by atoms with Crippen molar-refractivity contribution >= 4 is 48.7 Å². The first-order valence-electron chi connectivity index (χ1n) is 5.93. The fourth-order valence-electron chi connectivity index (χ4n) is 2.33. The number of nitrogens with two attached hydrogens (primary N) is 1. The molecule has 0 radical (unpaired) electrons. The lowest BCUT2D eigenvalue weighted by molar-refractivity contribution is 0.462. The Morgan fingerprint density at radius 1 is 1.33 bits per heavy atom. The number of nitrogens with one attached hydrogen (secondary N) is 1. The number of hydrogen-bond donors (Lipinski definition) is 2. The maximum atomic E-state index is 12.4. The molecule has 6 nitrogen and oxygen atoms in total. The zero-order valence-corrected chi connectivity index (χ0v) is 14.2. The number of nitrogen functional groups attached to an aromatic ring is 1. The van der Waals surface area contributed by atoms with Gasteiger partial charge in [0.1, 0.15) is 4.90 Å². The van der Waals surface area contributed by atoms with Crippen molar-refractivity contribution in [3.8, 4) is 0 Å². The Labute approximate surface area is 133 Å². The van der Waals surface area contributed by atoms with Crippen molar-refractivity contribution in [3.63, 3.8) is 0 Å². The highest BCUT2D eigenvalue weighted by Crippen LogP contribution is 2.33. The summed E-state index contributed by atoms with van der Waals surface area (Å²) in [4.78, 5) is -0.293. The Kier molecular flexibility index (Phi) is 4.23. The Balaban J connectivity index is 2.41. The minimum atomic E-state index is -4.06. The maximum Gasteiger partial charge on any atom is 0.244 e. The summed E-state index contributed by atoms with van der Waals surface area (Å²) in [6, 6.07) is 2.54. The van der Waals surface area contributed by atoms with Crippen LogP contribution in [0.15, 0.2) is 17.0 Å². The number of hydrogen-bond acceptors (Lipinski definition) is 5. The van der Waals surface area contributed by atoms with E-state index in [2.05, 4.69) is 4.72 Å². The van der Waals surface area contributed by atoms with Gasteiger partial charge >= 0.3 is 0 Å². The summed E-state index contributed by atoms with van der Waals surface area (Å²) in [7, 11) is -7.31. The summed E-state index contributed by atoms with van der Waals surface area (Å²) in [6.07, 6.45) is 0.194. The van der Waals surface area contributed by atoms with E-state index < -0.39 is 25.4 Å². The summed E-state index contributed by atoms with van der Waals surface area (Å²) in [5.41, 5.74) is 4.50. The lowest BCUT2D eigenvalue weighted by Crippen LogP contribution is -2.47. The number of halogens is 2. The Bertz CT molecular complexity index is 769. The van der Waals surface area contributed by atoms with Crippen molar-refractivity contribution in [3.05, 3.63) is 22.2 Å². The predicted molar refractivity (Wildman–Crippen MR) is 82.9 cm³/mol. The lowest BCUT2D eigenvalue weighted by Gasteiger charge is -2.24. The molecule has 0 aliphatic carbocycles. The second-order valence-corrected chi connectivity index (χ2v) is 9.96. The Morgan fingerprint density at radius 2 is 1.95 bits per heavy atom. The van der Waals surface area contributed by atoms with Crippen LogP contribution in [0, 0.1) is 0 Å². The van der Waals surface area contributed by atoms with Gasteiger partial charge in [-0.2, -0.15) is 0 Å². The molecule has 118 valence electrons. The van der Waals surface area contributed by atoms with Crippen LogP contribution in [0.25, 0.3) is 0 Å². The zero-order chi connectivity index (χ0) is 16.1. The van der Waals surface area contributed by atoms with Gasteiger partial charge in [-0.25, -0.2) is 21.6 Å². The molecule has 0 bridgehead atoms. The molecule has 2 rings (SSSR count). The van der Waals surface area contributed by atoms with Crippen molar-refractivity contribution in [1.82, 2.24) is 4.72 Å². The fourth-order valence-corrected chi connectivity index (χ4v) is 6.94. The van der Waals surface area contributed by atoms with Gasteiger partial charge in [-0.15, -0.1) is 0 Å². The van der Waals surface area contributed by atoms with Gasteiger partial charge in [-0.1, -0.05) is 23.2 Å². The molecule has 0 amide bonds. The molecule has 10 heteroatoms. The van der Waals surface area contributed by atoms with E-state index in [1.54, 1.807) is 0 Å². The highest BCUT2D eigenvalue weighted by molar-refractivity contribution is 7.92. The predicted octanol–water partition coefficient (Wildman–Crippen LogP) is 1.43. The highest BCUT2D eigenvalue weighted by Gasteiger charge is 2.42. The average molecular weight is 373 g/mol. The number of sulfonamides is 1. The molecular weight excluding hydrogens is 359 g/mol. The third-order valence-corrected chi connectivity index (χ3v) is 7.48. The van der Waals surface area contributed by atoms with Gasteiger partial charge in [-0.05, 0) is 25.5 Å². The summed E-state index contributed by atoms with van der Waals surface area (Å²) in [5.74, 6) is -0.319. The molecule has 1 aliphatic rings. The standard InChI is InChI=1S/C11H14Cl2N2O4S2/c1-11(2-3-20(16,17)6-11)15-21(18,19)10-8(13)4-7(12)5-9(10)14/h4-5,15H,2-3,6,14H2,1H3. The van der Waals surface area contributed by atoms with Gasteiger partial charge in [0.15, 0.2) is 9.84 Å². The van der Waals surface area contributed by atoms with Gasteiger partial charge in [-0.3, -0.25) is 0 Å². The van der Waals surface area contributed by atoms with Gasteiger partial charge < -0.3 is 5.73 Å². The van der Waals surface area contributed by atoms with Gasteiger partial charge in [0, 0.05) is 10.6 Å². The molecule has 1 saturated heterocycles. The van der Waals surface area contributed by atoms with E-state index in [4.69, 9.17) is 28.9 Å². The smallest absolute Gasteiger partial charge is 0.244 e. The minimum Gasteiger partial charge on any atom is -0.398 e. The number of sulfone groups is 1. The van der Waals surface area contributed by atoms with E-state index in [1.165, 1.54) is 19.1 Å². The SMILES string of the molecule is CC1(NS(=O)(=O)c2c(N)cc(Cl)cc2Cl)CCS(=O)(=O)C1. The third kappa shape index (κ3) is 3.62. The Morgan fingerprint density at radius 3 is 2.43 bits per heavy atom. The first kappa shape index (κ1) is 16.8. The van der Waals surface area contributed by atoms with Crippen LogP contribution < -0.4 is 10.5 Å². The van der Waals surface area contributed by atoms with E-state index in [0.717, 1.165) is 0 Å². The molecular formula is C11H14Cl2N2O4S2. The van der Waals surface area contributed by atoms with Crippen LogP contribution in [0.2, 0.25) is 10.0 Å². The van der Waals surface area contributed by atoms with Crippen LogP contribution in [0.3, 0.4) is 0 Å². The third-order valence-electron chi connectivity index (χ3n) is 3.19. The van der Waals surface area contributed by atoms with Crippen molar-refractivity contribution in [2.75, 3.05) is 17.2 Å². The second kappa shape index (κ2) is 5.27. The van der Waals surface area contributed by atoms with Crippen LogP contribution in [0.4, 0.5) is 5.69 Å². The molecule has 0 spiro atoms. The van der Waals surface area contributed by atoms with E-state index in [9.17, 15) is 16.8 Å². The van der Waals surface area contributed by atoms with E-state index in [1.807, 2.05) is 0 Å². The van der Waals surface area contributed by atoms with Gasteiger partial charge in [0.25, 0.3) is 0 Å². The van der Waals surface area contributed by atoms with E-state index >= 15 is 0 Å². The topological polar surface area (TPSA) is 106 Å². The van der Waals surface area contributed by atoms with E-state index in [-0.39, 0.29) is 38.6 Å². The largest absolute Gasteiger partial charge is 0.398 e. The molecule has 1 fully saturated rings. The summed E-state index contributed by atoms with van der Waals surface area (Å²) in [6.45, 7) is 1.54. The fraction of sp³-hybridized carbons (Fsp3) is 0.455.